The molecule has 0 aliphatic carbocycles. The average molecular weight is 527 g/mol. The number of methoxy groups -OCH3 is 1. The number of nitrogens with one attached hydrogen (secondary N) is 2. The Hall–Kier alpha value is -1.84. The monoisotopic (exact) mass is 527 g/mol. The van der Waals surface area contributed by atoms with E-state index in [0.29, 0.717) is 25.7 Å². The number of nitrogens with zero attached hydrogens (tertiary/aromatic N) is 1. The number of guanidine groups is 1. The number of aliphatic imine (C=N–C) groups is 1. The van der Waals surface area contributed by atoms with Crippen molar-refractivity contribution in [1.82, 2.24) is 10.6 Å². The van der Waals surface area contributed by atoms with Crippen molar-refractivity contribution in [2.45, 2.75) is 46.1 Å². The molecule has 2 aromatic rings. The lowest BCUT2D eigenvalue weighted by Gasteiger charge is -2.16. The Morgan fingerprint density at radius 3 is 2.40 bits per heavy atom. The van der Waals surface area contributed by atoms with Crippen molar-refractivity contribution >= 4 is 29.9 Å². The lowest BCUT2D eigenvalue weighted by atomic mass is 10.1. The molecular weight excluding hydrogens is 493 g/mol. The Morgan fingerprint density at radius 2 is 1.77 bits per heavy atom. The summed E-state index contributed by atoms with van der Waals surface area (Å²) < 4.78 is 10.8. The molecule has 0 radical (unpaired) electrons. The van der Waals surface area contributed by atoms with Gasteiger partial charge in [-0.15, -0.1) is 24.0 Å². The Labute approximate surface area is 197 Å². The second kappa shape index (κ2) is 14.2. The van der Waals surface area contributed by atoms with Gasteiger partial charge in [-0.3, -0.25) is 0 Å². The van der Waals surface area contributed by atoms with Crippen LogP contribution in [0.15, 0.2) is 53.5 Å². The number of ether oxygens (including phenoxy) is 2. The first-order valence-electron chi connectivity index (χ1n) is 10.1. The third-order valence-corrected chi connectivity index (χ3v) is 4.17. The molecule has 1 atom stereocenters. The molecule has 0 spiro atoms. The van der Waals surface area contributed by atoms with Crippen molar-refractivity contribution in [3.8, 4) is 5.75 Å². The zero-order chi connectivity index (χ0) is 21.1. The van der Waals surface area contributed by atoms with E-state index in [1.807, 2.05) is 63.2 Å². The van der Waals surface area contributed by atoms with Gasteiger partial charge < -0.3 is 25.2 Å². The number of aliphatic hydroxyl groups excluding tert-OH is 1. The normalized spacial score (nSPS) is 12.3. The standard InChI is InChI=1S/C23H33N3O3.HI/c1-5-24-23(25-14-18-7-6-8-19(13-18)16-28-4)26-15-22(27)20-9-11-21(12-10-20)29-17(2)3;/h6-13,17,22,27H,5,14-16H2,1-4H3,(H2,24,25,26);1H. The summed E-state index contributed by atoms with van der Waals surface area (Å²) in [6.07, 6.45) is -0.515. The predicted octanol–water partition coefficient (Wildman–Crippen LogP) is 4.03. The molecule has 0 heterocycles. The van der Waals surface area contributed by atoms with Crippen LogP contribution in [0, 0.1) is 0 Å². The van der Waals surface area contributed by atoms with Gasteiger partial charge >= 0.3 is 0 Å². The molecule has 0 aliphatic rings. The van der Waals surface area contributed by atoms with Crippen LogP contribution in [0.25, 0.3) is 0 Å². The van der Waals surface area contributed by atoms with Crippen molar-refractivity contribution in [1.29, 1.82) is 0 Å². The van der Waals surface area contributed by atoms with Crippen molar-refractivity contribution in [3.63, 3.8) is 0 Å². The van der Waals surface area contributed by atoms with Crippen molar-refractivity contribution in [3.05, 3.63) is 65.2 Å². The minimum absolute atomic E-state index is 0. The van der Waals surface area contributed by atoms with Crippen LogP contribution in [0.3, 0.4) is 0 Å². The summed E-state index contributed by atoms with van der Waals surface area (Å²) in [5.41, 5.74) is 3.06. The van der Waals surface area contributed by atoms with Crippen LogP contribution in [0.1, 0.15) is 43.6 Å². The molecule has 30 heavy (non-hydrogen) atoms. The molecule has 0 saturated carbocycles. The summed E-state index contributed by atoms with van der Waals surface area (Å²) in [6, 6.07) is 15.7. The molecule has 2 rings (SSSR count). The molecule has 6 nitrogen and oxygen atoms in total. The van der Waals surface area contributed by atoms with Crippen molar-refractivity contribution < 1.29 is 14.6 Å². The molecule has 2 aromatic carbocycles. The summed E-state index contributed by atoms with van der Waals surface area (Å²) in [4.78, 5) is 4.62. The quantitative estimate of drug-likeness (QED) is 0.247. The molecule has 0 fully saturated rings. The van der Waals surface area contributed by atoms with E-state index in [0.717, 1.165) is 29.0 Å². The summed E-state index contributed by atoms with van der Waals surface area (Å²) in [6.45, 7) is 8.23. The van der Waals surface area contributed by atoms with E-state index in [-0.39, 0.29) is 30.1 Å². The Balaban J connectivity index is 0.00000450. The van der Waals surface area contributed by atoms with E-state index >= 15 is 0 Å². The van der Waals surface area contributed by atoms with E-state index < -0.39 is 6.10 Å². The molecule has 0 aliphatic heterocycles. The van der Waals surface area contributed by atoms with Gasteiger partial charge in [0.1, 0.15) is 5.75 Å². The molecular formula is C23H34IN3O3. The van der Waals surface area contributed by atoms with Gasteiger partial charge in [0, 0.05) is 20.2 Å². The average Bonchev–Trinajstić information content (AvgIpc) is 2.70. The number of rotatable bonds is 10. The number of aliphatic hydroxyl groups is 1. The summed E-state index contributed by atoms with van der Waals surface area (Å²) in [5.74, 6) is 1.47. The Bertz CT molecular complexity index is 767. The smallest absolute Gasteiger partial charge is 0.191 e. The van der Waals surface area contributed by atoms with Gasteiger partial charge in [-0.2, -0.15) is 0 Å². The summed E-state index contributed by atoms with van der Waals surface area (Å²) in [5, 5.41) is 16.9. The van der Waals surface area contributed by atoms with Crippen LogP contribution < -0.4 is 15.4 Å². The molecule has 1 unspecified atom stereocenters. The molecule has 0 saturated heterocycles. The van der Waals surface area contributed by atoms with Crippen LogP contribution in [-0.4, -0.2) is 37.4 Å². The fourth-order valence-corrected chi connectivity index (χ4v) is 2.85. The van der Waals surface area contributed by atoms with E-state index in [4.69, 9.17) is 9.47 Å². The zero-order valence-corrected chi connectivity index (χ0v) is 20.6. The number of benzene rings is 2. The Morgan fingerprint density at radius 1 is 1.07 bits per heavy atom. The SMILES string of the molecule is CCNC(=NCc1cccc(COC)c1)NCC(O)c1ccc(OC(C)C)cc1.I. The first-order chi connectivity index (χ1) is 14.0. The maximum atomic E-state index is 10.5. The summed E-state index contributed by atoms with van der Waals surface area (Å²) in [7, 11) is 1.69. The van der Waals surface area contributed by atoms with Gasteiger partial charge in [0.05, 0.1) is 25.4 Å². The molecule has 166 valence electrons. The highest BCUT2D eigenvalue weighted by Crippen LogP contribution is 2.18. The highest BCUT2D eigenvalue weighted by atomic mass is 127. The third-order valence-electron chi connectivity index (χ3n) is 4.17. The van der Waals surface area contributed by atoms with Gasteiger partial charge in [-0.1, -0.05) is 36.4 Å². The minimum Gasteiger partial charge on any atom is -0.491 e. The fraction of sp³-hybridized carbons (Fsp3) is 0.435. The number of hydrogen-bond acceptors (Lipinski definition) is 4. The second-order valence-electron chi connectivity index (χ2n) is 7.08. The lowest BCUT2D eigenvalue weighted by Crippen LogP contribution is -2.39. The van der Waals surface area contributed by atoms with Crippen LogP contribution in [0.5, 0.6) is 5.75 Å². The van der Waals surface area contributed by atoms with Crippen LogP contribution >= 0.6 is 24.0 Å². The van der Waals surface area contributed by atoms with Crippen LogP contribution in [0.4, 0.5) is 0 Å². The molecule has 7 heteroatoms. The van der Waals surface area contributed by atoms with E-state index in [2.05, 4.69) is 21.7 Å². The van der Waals surface area contributed by atoms with E-state index in [9.17, 15) is 5.11 Å². The largest absolute Gasteiger partial charge is 0.491 e. The maximum Gasteiger partial charge on any atom is 0.191 e. The zero-order valence-electron chi connectivity index (χ0n) is 18.2. The number of hydrogen-bond donors (Lipinski definition) is 3. The van der Waals surface area contributed by atoms with Crippen LogP contribution in [0.2, 0.25) is 0 Å². The maximum absolute atomic E-state index is 10.5. The van der Waals surface area contributed by atoms with E-state index in [1.54, 1.807) is 7.11 Å². The minimum atomic E-state index is -0.642. The van der Waals surface area contributed by atoms with Gasteiger partial charge in [-0.05, 0) is 49.6 Å². The van der Waals surface area contributed by atoms with Crippen molar-refractivity contribution in [2.75, 3.05) is 20.2 Å². The summed E-state index contributed by atoms with van der Waals surface area (Å²) >= 11 is 0. The number of halogens is 1. The molecule has 0 bridgehead atoms. The molecule has 0 amide bonds. The highest BCUT2D eigenvalue weighted by molar-refractivity contribution is 14.0. The Kier molecular flexibility index (Phi) is 12.4. The molecule has 3 N–H and O–H groups in total. The first kappa shape index (κ1) is 26.2. The first-order valence-corrected chi connectivity index (χ1v) is 10.1. The topological polar surface area (TPSA) is 75.1 Å². The van der Waals surface area contributed by atoms with Crippen molar-refractivity contribution in [2.24, 2.45) is 4.99 Å². The van der Waals surface area contributed by atoms with E-state index in [1.165, 1.54) is 0 Å². The van der Waals surface area contributed by atoms with Gasteiger partial charge in [0.15, 0.2) is 5.96 Å². The van der Waals surface area contributed by atoms with Crippen LogP contribution in [-0.2, 0) is 17.9 Å². The molecule has 0 aromatic heterocycles. The van der Waals surface area contributed by atoms with Gasteiger partial charge in [-0.25, -0.2) is 4.99 Å². The predicted molar refractivity (Wildman–Crippen MR) is 133 cm³/mol. The van der Waals surface area contributed by atoms with Gasteiger partial charge in [0.2, 0.25) is 0 Å². The highest BCUT2D eigenvalue weighted by Gasteiger charge is 2.09. The third kappa shape index (κ3) is 9.32. The fourth-order valence-electron chi connectivity index (χ4n) is 2.85. The van der Waals surface area contributed by atoms with Gasteiger partial charge in [0.25, 0.3) is 0 Å². The second-order valence-corrected chi connectivity index (χ2v) is 7.08. The lowest BCUT2D eigenvalue weighted by molar-refractivity contribution is 0.180.